The van der Waals surface area contributed by atoms with Gasteiger partial charge in [-0.3, -0.25) is 52.7 Å². The van der Waals surface area contributed by atoms with Crippen LogP contribution < -0.4 is 63.8 Å². The number of anilines is 5. The zero-order valence-electron chi connectivity index (χ0n) is 51.7. The number of hydrogen-bond donors (Lipinski definition) is 13. The highest BCUT2D eigenvalue weighted by Gasteiger charge is 2.33. The van der Waals surface area contributed by atoms with Gasteiger partial charge in [0.1, 0.15) is 28.7 Å². The summed E-state index contributed by atoms with van der Waals surface area (Å²) < 4.78 is 7.52. The van der Waals surface area contributed by atoms with E-state index >= 15 is 0 Å². The van der Waals surface area contributed by atoms with Gasteiger partial charge in [-0.05, 0) is 62.4 Å². The number of hydrogen-bond acceptors (Lipinski definition) is 17. The summed E-state index contributed by atoms with van der Waals surface area (Å²) in [5.74, 6) is -2.95. The van der Waals surface area contributed by atoms with Crippen LogP contribution in [0.1, 0.15) is 108 Å². The summed E-state index contributed by atoms with van der Waals surface area (Å²) in [6.45, 7) is 3.77. The van der Waals surface area contributed by atoms with Crippen LogP contribution in [0.15, 0.2) is 73.6 Å². The molecule has 488 valence electrons. The number of piperidine rings is 1. The standard InChI is InChI=1S/C58H75N23O11/c1-75-21-18-60-49(75)57(91)68-36-23-39(77(3)30-36)53(87)62-15-10-46(84)71-42-32-79(5)51(73-42)58(92)69-37-24-38(76(2)31-37)52(86)61-14-7-8-44(82)70-41-27-65-48(72-41)55(89)63-16-9-45(83)67-35-22-40(78(4)29-35)54(88)74-43-28-66-50(80(43)6)56(90)64-17-11-47(85)81-19-12-33(13-20-81)34-25-59-26-34/h18,21-24,27-34,50,59,66H,7-17,19-20,25-26H2,1-6H3,(H,61,86)(H,62,87)(H,63,89)(H,64,90)(H,65,72)(H,67,83)(H,68,91)(H,69,92)(H,70,82)(H,71,84)(H,74,88). The molecule has 3 aliphatic heterocycles. The molecular weight excluding hydrogens is 1190 g/mol. The van der Waals surface area contributed by atoms with Crippen LogP contribution >= 0.6 is 0 Å². The maximum atomic E-state index is 13.3. The van der Waals surface area contributed by atoms with Crippen molar-refractivity contribution in [3.63, 3.8) is 0 Å². The Morgan fingerprint density at radius 3 is 1.71 bits per heavy atom. The van der Waals surface area contributed by atoms with E-state index in [0.717, 1.165) is 39.0 Å². The number of aromatic amines is 1. The number of imidazole rings is 3. The zero-order valence-corrected chi connectivity index (χ0v) is 51.7. The van der Waals surface area contributed by atoms with E-state index in [9.17, 15) is 52.7 Å². The molecule has 1 unspecified atom stereocenters. The number of amides is 11. The second-order valence-electron chi connectivity index (χ2n) is 22.5. The summed E-state index contributed by atoms with van der Waals surface area (Å²) in [7, 11) is 9.75. The highest BCUT2D eigenvalue weighted by atomic mass is 16.2. The van der Waals surface area contributed by atoms with Gasteiger partial charge in [0.05, 0.1) is 23.3 Å². The summed E-state index contributed by atoms with van der Waals surface area (Å²) in [5, 5.41) is 33.2. The van der Waals surface area contributed by atoms with Crippen LogP contribution in [0.5, 0.6) is 0 Å². The van der Waals surface area contributed by atoms with E-state index in [1.807, 2.05) is 4.90 Å². The molecule has 0 bridgehead atoms. The molecule has 0 aromatic carbocycles. The van der Waals surface area contributed by atoms with Gasteiger partial charge in [-0.15, -0.1) is 0 Å². The average Bonchev–Trinajstić information content (AvgIpc) is 1.72. The molecule has 13 N–H and O–H groups in total. The summed E-state index contributed by atoms with van der Waals surface area (Å²) >= 11 is 0. The molecule has 9 heterocycles. The van der Waals surface area contributed by atoms with Crippen molar-refractivity contribution in [2.45, 2.75) is 51.1 Å². The van der Waals surface area contributed by atoms with E-state index < -0.39 is 59.3 Å². The molecule has 6 aromatic rings. The molecule has 1 atom stereocenters. The molecular formula is C58H75N23O11. The van der Waals surface area contributed by atoms with Crippen molar-refractivity contribution >= 4 is 93.7 Å². The fourth-order valence-electron chi connectivity index (χ4n) is 10.6. The summed E-state index contributed by atoms with van der Waals surface area (Å²) in [6.07, 6.45) is 13.3. The van der Waals surface area contributed by atoms with Crippen LogP contribution in [0, 0.1) is 11.8 Å². The smallest absolute Gasteiger partial charge is 0.291 e. The van der Waals surface area contributed by atoms with Crippen molar-refractivity contribution in [3.05, 3.63) is 108 Å². The Hall–Kier alpha value is -11.1. The van der Waals surface area contributed by atoms with Gasteiger partial charge in [0, 0.05) is 151 Å². The van der Waals surface area contributed by atoms with Gasteiger partial charge in [0.25, 0.3) is 41.4 Å². The van der Waals surface area contributed by atoms with Crippen LogP contribution in [0.4, 0.5) is 28.7 Å². The Bertz CT molecular complexity index is 3810. The Labute approximate surface area is 526 Å². The molecule has 0 spiro atoms. The van der Waals surface area contributed by atoms with E-state index in [2.05, 4.69) is 83.7 Å². The van der Waals surface area contributed by atoms with Crippen molar-refractivity contribution < 1.29 is 52.7 Å². The first-order valence-electron chi connectivity index (χ1n) is 29.8. The normalized spacial score (nSPS) is 14.7. The predicted molar refractivity (Wildman–Crippen MR) is 332 cm³/mol. The van der Waals surface area contributed by atoms with Crippen LogP contribution in [-0.4, -0.2) is 183 Å². The topological polar surface area (TPSA) is 418 Å². The average molecular weight is 1270 g/mol. The number of carbonyl (C=O) groups excluding carboxylic acids is 11. The van der Waals surface area contributed by atoms with Crippen LogP contribution in [0.2, 0.25) is 0 Å². The van der Waals surface area contributed by atoms with E-state index in [0.29, 0.717) is 29.0 Å². The molecule has 0 radical (unpaired) electrons. The lowest BCUT2D eigenvalue weighted by atomic mass is 9.81. The molecule has 2 saturated heterocycles. The third kappa shape index (κ3) is 16.6. The lowest BCUT2D eigenvalue weighted by molar-refractivity contribution is -0.133. The van der Waals surface area contributed by atoms with Crippen molar-refractivity contribution in [2.75, 3.05) is 86.0 Å². The maximum Gasteiger partial charge on any atom is 0.291 e. The number of H-pyrrole nitrogens is 1. The number of nitrogens with one attached hydrogen (secondary N) is 13. The Morgan fingerprint density at radius 2 is 1.10 bits per heavy atom. The van der Waals surface area contributed by atoms with Crippen LogP contribution in [0.3, 0.4) is 0 Å². The molecule has 11 amide bonds. The Balaban J connectivity index is 0.617. The van der Waals surface area contributed by atoms with Gasteiger partial charge in [-0.1, -0.05) is 0 Å². The zero-order chi connectivity index (χ0) is 65.8. The number of carbonyl (C=O) groups is 11. The Kier molecular flexibility index (Phi) is 21.0. The second-order valence-corrected chi connectivity index (χ2v) is 22.5. The molecule has 9 rings (SSSR count). The first-order chi connectivity index (χ1) is 44.1. The summed E-state index contributed by atoms with van der Waals surface area (Å²) in [5.41, 5.74) is 1.64. The highest BCUT2D eigenvalue weighted by molar-refractivity contribution is 6.05. The molecule has 0 saturated carbocycles. The third-order valence-corrected chi connectivity index (χ3v) is 15.7. The number of aryl methyl sites for hydroxylation is 5. The van der Waals surface area contributed by atoms with Gasteiger partial charge in [-0.25, -0.2) is 15.0 Å². The van der Waals surface area contributed by atoms with Crippen molar-refractivity contribution in [2.24, 2.45) is 47.1 Å². The number of rotatable bonds is 27. The van der Waals surface area contributed by atoms with Gasteiger partial charge in [0.2, 0.25) is 29.5 Å². The minimum atomic E-state index is -0.818. The minimum Gasteiger partial charge on any atom is -0.360 e. The van der Waals surface area contributed by atoms with Gasteiger partial charge >= 0.3 is 0 Å². The summed E-state index contributed by atoms with van der Waals surface area (Å²) in [6, 6.07) is 4.43. The lowest BCUT2D eigenvalue weighted by Gasteiger charge is -2.40. The lowest BCUT2D eigenvalue weighted by Crippen LogP contribution is -2.51. The van der Waals surface area contributed by atoms with E-state index in [1.165, 1.54) is 67.5 Å². The SMILES string of the molecule is CN1C(NC(=O)c2cc(NC(=O)CCNC(=O)c3ncc(NC(=O)CCCNC(=O)c4cc(NC(=O)c5nc(NC(=O)CCNC(=O)c6cc(NC(=O)c7nccn7C)cn6C)cn5C)cn4C)[nH]3)cn2C)=CNC1C(=O)NCCC(=O)N1CCC(C2CNC2)CC1. The number of aromatic nitrogens is 9. The molecule has 34 heteroatoms. The van der Waals surface area contributed by atoms with Gasteiger partial charge in [-0.2, -0.15) is 0 Å². The van der Waals surface area contributed by atoms with Crippen molar-refractivity contribution in [1.29, 1.82) is 0 Å². The minimum absolute atomic E-state index is 0.00922. The second kappa shape index (κ2) is 29.5. The summed E-state index contributed by atoms with van der Waals surface area (Å²) in [4.78, 5) is 161. The van der Waals surface area contributed by atoms with E-state index in [4.69, 9.17) is 0 Å². The molecule has 6 aromatic heterocycles. The molecule has 92 heavy (non-hydrogen) atoms. The number of nitrogens with zero attached hydrogens (tertiary/aromatic N) is 10. The molecule has 0 aliphatic carbocycles. The number of likely N-dealkylation sites (N-methyl/N-ethyl adjacent to an activating group) is 1. The first-order valence-corrected chi connectivity index (χ1v) is 29.8. The van der Waals surface area contributed by atoms with Crippen LogP contribution in [-0.2, 0) is 59.2 Å². The maximum absolute atomic E-state index is 13.3. The van der Waals surface area contributed by atoms with Crippen molar-refractivity contribution in [3.8, 4) is 0 Å². The van der Waals surface area contributed by atoms with Crippen LogP contribution in [0.25, 0.3) is 0 Å². The van der Waals surface area contributed by atoms with E-state index in [1.54, 1.807) is 70.3 Å². The monoisotopic (exact) mass is 1270 g/mol. The van der Waals surface area contributed by atoms with Crippen molar-refractivity contribution in [1.82, 2.24) is 89.8 Å². The quantitative estimate of drug-likeness (QED) is 0.0287. The largest absolute Gasteiger partial charge is 0.360 e. The Morgan fingerprint density at radius 1 is 0.533 bits per heavy atom. The molecule has 3 aliphatic rings. The predicted octanol–water partition coefficient (Wildman–Crippen LogP) is -0.583. The van der Waals surface area contributed by atoms with Gasteiger partial charge in [0.15, 0.2) is 23.6 Å². The fourth-order valence-corrected chi connectivity index (χ4v) is 10.6. The molecule has 2 fully saturated rings. The van der Waals surface area contributed by atoms with E-state index in [-0.39, 0.29) is 122 Å². The first kappa shape index (κ1) is 65.4. The van der Waals surface area contributed by atoms with Gasteiger partial charge < -0.3 is 101 Å². The highest BCUT2D eigenvalue weighted by Crippen LogP contribution is 2.28. The third-order valence-electron chi connectivity index (χ3n) is 15.7. The fraction of sp³-hybridized carbons (Fsp3) is 0.414. The number of likely N-dealkylation sites (tertiary alicyclic amines) is 1. The molecule has 34 nitrogen and oxygen atoms in total.